The van der Waals surface area contributed by atoms with Crippen LogP contribution in [0.4, 0.5) is 0 Å². The molecule has 0 heterocycles. The lowest BCUT2D eigenvalue weighted by Crippen LogP contribution is -2.34. The van der Waals surface area contributed by atoms with Gasteiger partial charge in [-0.25, -0.2) is 12.7 Å². The fraction of sp³-hybridized carbons (Fsp3) is 0.500. The Bertz CT molecular complexity index is 673. The minimum Gasteiger partial charge on any atom is -0.484 e. The number of nitrogens with zero attached hydrogens (tertiary/aromatic N) is 1. The van der Waals surface area contributed by atoms with Gasteiger partial charge in [0.2, 0.25) is 10.0 Å². The van der Waals surface area contributed by atoms with E-state index in [2.05, 4.69) is 5.32 Å². The van der Waals surface area contributed by atoms with Crippen LogP contribution in [0.2, 0.25) is 0 Å². The van der Waals surface area contributed by atoms with Crippen molar-refractivity contribution in [2.24, 2.45) is 0 Å². The topological polar surface area (TPSA) is 92.8 Å². The largest absolute Gasteiger partial charge is 0.484 e. The van der Waals surface area contributed by atoms with Gasteiger partial charge in [0.05, 0.1) is 6.26 Å². The van der Waals surface area contributed by atoms with Gasteiger partial charge in [-0.1, -0.05) is 19.1 Å². The Morgan fingerprint density at radius 3 is 2.58 bits per heavy atom. The summed E-state index contributed by atoms with van der Waals surface area (Å²) in [7, 11) is -3.20. The van der Waals surface area contributed by atoms with Crippen LogP contribution in [0.25, 0.3) is 0 Å². The quantitative estimate of drug-likeness (QED) is 0.500. The van der Waals surface area contributed by atoms with E-state index in [-0.39, 0.29) is 18.3 Å². The summed E-state index contributed by atoms with van der Waals surface area (Å²) in [6.45, 7) is 4.19. The highest BCUT2D eigenvalue weighted by molar-refractivity contribution is 7.88. The highest BCUT2D eigenvalue weighted by Crippen LogP contribution is 2.13. The molecule has 0 aliphatic carbocycles. The van der Waals surface area contributed by atoms with Crippen molar-refractivity contribution in [1.29, 1.82) is 0 Å². The fourth-order valence-electron chi connectivity index (χ4n) is 2.05. The number of benzene rings is 1. The highest BCUT2D eigenvalue weighted by atomic mass is 32.2. The molecule has 0 spiro atoms. The maximum atomic E-state index is 11.7. The first-order chi connectivity index (χ1) is 11.2. The number of rotatable bonds is 10. The van der Waals surface area contributed by atoms with E-state index >= 15 is 0 Å². The van der Waals surface area contributed by atoms with Crippen LogP contribution in [0, 0.1) is 0 Å². The summed E-state index contributed by atoms with van der Waals surface area (Å²) >= 11 is 0. The number of amides is 1. The van der Waals surface area contributed by atoms with E-state index in [0.29, 0.717) is 37.4 Å². The van der Waals surface area contributed by atoms with Crippen LogP contribution in [0.15, 0.2) is 24.3 Å². The lowest BCUT2D eigenvalue weighted by atomic mass is 10.1. The number of ether oxygens (including phenoxy) is 1. The number of sulfonamides is 1. The van der Waals surface area contributed by atoms with Crippen molar-refractivity contribution in [3.63, 3.8) is 0 Å². The number of nitrogens with one attached hydrogen (secondary N) is 1. The summed E-state index contributed by atoms with van der Waals surface area (Å²) in [6.07, 6.45) is 1.69. The van der Waals surface area contributed by atoms with E-state index in [0.717, 1.165) is 6.26 Å². The summed E-state index contributed by atoms with van der Waals surface area (Å²) in [5, 5.41) is 2.67. The van der Waals surface area contributed by atoms with E-state index in [1.165, 1.54) is 11.2 Å². The minimum atomic E-state index is -3.20. The van der Waals surface area contributed by atoms with Crippen molar-refractivity contribution >= 4 is 21.7 Å². The molecule has 7 nitrogen and oxygen atoms in total. The molecular weight excluding hydrogens is 332 g/mol. The van der Waals surface area contributed by atoms with Crippen LogP contribution < -0.4 is 10.1 Å². The molecule has 0 saturated carbocycles. The maximum absolute atomic E-state index is 11.7. The Balaban J connectivity index is 2.32. The lowest BCUT2D eigenvalue weighted by Gasteiger charge is -2.17. The van der Waals surface area contributed by atoms with Crippen molar-refractivity contribution < 1.29 is 22.7 Å². The highest BCUT2D eigenvalue weighted by Gasteiger charge is 2.13. The molecule has 1 amide bonds. The van der Waals surface area contributed by atoms with Crippen LogP contribution in [-0.2, 0) is 14.8 Å². The molecule has 1 rings (SSSR count). The molecule has 134 valence electrons. The van der Waals surface area contributed by atoms with Crippen molar-refractivity contribution in [2.75, 3.05) is 32.5 Å². The number of hydrogen-bond donors (Lipinski definition) is 1. The second kappa shape index (κ2) is 9.39. The number of carbonyl (C=O) groups is 2. The molecule has 24 heavy (non-hydrogen) atoms. The zero-order chi connectivity index (χ0) is 18.2. The second-order valence-electron chi connectivity index (χ2n) is 5.33. The van der Waals surface area contributed by atoms with Gasteiger partial charge in [-0.15, -0.1) is 0 Å². The fourth-order valence-corrected chi connectivity index (χ4v) is 2.98. The normalized spacial score (nSPS) is 11.3. The molecule has 0 unspecified atom stereocenters. The monoisotopic (exact) mass is 356 g/mol. The number of carbonyl (C=O) groups excluding carboxylic acids is 2. The predicted molar refractivity (Wildman–Crippen MR) is 91.7 cm³/mol. The summed E-state index contributed by atoms with van der Waals surface area (Å²) in [5.74, 6) is 0.0778. The Morgan fingerprint density at radius 2 is 2.00 bits per heavy atom. The molecule has 0 bridgehead atoms. The third-order valence-corrected chi connectivity index (χ3v) is 4.72. The van der Waals surface area contributed by atoms with Gasteiger partial charge in [0.1, 0.15) is 5.75 Å². The van der Waals surface area contributed by atoms with Gasteiger partial charge in [-0.2, -0.15) is 0 Å². The van der Waals surface area contributed by atoms with Gasteiger partial charge >= 0.3 is 0 Å². The Labute approximate surface area is 143 Å². The Morgan fingerprint density at radius 1 is 1.29 bits per heavy atom. The molecule has 8 heteroatoms. The molecule has 1 N–H and O–H groups in total. The predicted octanol–water partition coefficient (Wildman–Crippen LogP) is 1.06. The number of hydrogen-bond acceptors (Lipinski definition) is 5. The zero-order valence-electron chi connectivity index (χ0n) is 14.2. The average Bonchev–Trinajstić information content (AvgIpc) is 2.52. The SMILES string of the molecule is CCN(CCCNC(=O)COc1cccc(C(C)=O)c1)S(C)(=O)=O. The third-order valence-electron chi connectivity index (χ3n) is 3.34. The van der Waals surface area contributed by atoms with Crippen molar-refractivity contribution in [2.45, 2.75) is 20.3 Å². The van der Waals surface area contributed by atoms with Crippen LogP contribution in [0.5, 0.6) is 5.75 Å². The molecule has 0 aliphatic rings. The van der Waals surface area contributed by atoms with E-state index in [1.807, 2.05) is 0 Å². The molecule has 0 aromatic heterocycles. The molecule has 0 fully saturated rings. The van der Waals surface area contributed by atoms with E-state index in [1.54, 1.807) is 31.2 Å². The van der Waals surface area contributed by atoms with Crippen molar-refractivity contribution in [3.05, 3.63) is 29.8 Å². The van der Waals surface area contributed by atoms with Crippen molar-refractivity contribution in [1.82, 2.24) is 9.62 Å². The average molecular weight is 356 g/mol. The smallest absolute Gasteiger partial charge is 0.257 e. The summed E-state index contributed by atoms with van der Waals surface area (Å²) < 4.78 is 29.5. The van der Waals surface area contributed by atoms with Gasteiger partial charge in [0.15, 0.2) is 12.4 Å². The summed E-state index contributed by atoms with van der Waals surface area (Å²) in [4.78, 5) is 23.0. The van der Waals surface area contributed by atoms with E-state index in [4.69, 9.17) is 4.74 Å². The van der Waals surface area contributed by atoms with Crippen molar-refractivity contribution in [3.8, 4) is 5.75 Å². The van der Waals surface area contributed by atoms with Gasteiger partial charge in [-0.3, -0.25) is 9.59 Å². The molecule has 0 atom stereocenters. The first-order valence-corrected chi connectivity index (χ1v) is 9.54. The molecule has 0 radical (unpaired) electrons. The maximum Gasteiger partial charge on any atom is 0.257 e. The van der Waals surface area contributed by atoms with Gasteiger partial charge in [0.25, 0.3) is 5.91 Å². The molecule has 1 aromatic carbocycles. The summed E-state index contributed by atoms with van der Waals surface area (Å²) in [6, 6.07) is 6.62. The summed E-state index contributed by atoms with van der Waals surface area (Å²) in [5.41, 5.74) is 0.522. The zero-order valence-corrected chi connectivity index (χ0v) is 15.1. The minimum absolute atomic E-state index is 0.0729. The molecule has 0 aliphatic heterocycles. The molecular formula is C16H24N2O5S. The van der Waals surface area contributed by atoms with Gasteiger partial charge in [-0.05, 0) is 25.5 Å². The Kier molecular flexibility index (Phi) is 7.87. The first-order valence-electron chi connectivity index (χ1n) is 7.69. The standard InChI is InChI=1S/C16H24N2O5S/c1-4-18(24(3,21)22)10-6-9-17-16(20)12-23-15-8-5-7-14(11-15)13(2)19/h5,7-8,11H,4,6,9-10,12H2,1-3H3,(H,17,20). The van der Waals surface area contributed by atoms with Gasteiger partial charge < -0.3 is 10.1 Å². The van der Waals surface area contributed by atoms with Crippen LogP contribution in [0.1, 0.15) is 30.6 Å². The Hall–Kier alpha value is -1.93. The third kappa shape index (κ3) is 7.10. The van der Waals surface area contributed by atoms with E-state index < -0.39 is 10.0 Å². The molecule has 0 saturated heterocycles. The molecule has 1 aromatic rings. The van der Waals surface area contributed by atoms with E-state index in [9.17, 15) is 18.0 Å². The first kappa shape index (κ1) is 20.1. The van der Waals surface area contributed by atoms with Crippen LogP contribution in [-0.4, -0.2) is 56.9 Å². The van der Waals surface area contributed by atoms with Crippen LogP contribution >= 0.6 is 0 Å². The van der Waals surface area contributed by atoms with Gasteiger partial charge in [0, 0.05) is 25.2 Å². The number of ketones is 1. The van der Waals surface area contributed by atoms with Crippen LogP contribution in [0.3, 0.4) is 0 Å². The number of Topliss-reactive ketones (excluding diaryl/α,β-unsaturated/α-hetero) is 1. The second-order valence-corrected chi connectivity index (χ2v) is 7.31. The lowest BCUT2D eigenvalue weighted by molar-refractivity contribution is -0.123.